The number of fused-ring (bicyclic) bond motifs is 8. The van der Waals surface area contributed by atoms with Gasteiger partial charge in [-0.3, -0.25) is 0 Å². The number of anilines is 4. The fraction of sp³-hybridized carbons (Fsp3) is 0.211. The van der Waals surface area contributed by atoms with Crippen LogP contribution >= 0.6 is 0 Å². The molecule has 16 rings (SSSR count). The SMILES string of the molecule is CC1(C)CCC2c3cc(-c4cc(-c5cccc6ccccc56)c5ccc6c(-c7ccc8c(c7)C7CCC(C)(C)C7(C)N8c7ccccc7)cc(-c7cccc8ccccc78)c7ccc4c5c67)ccc3N(c3ccccc3)C21C. The third kappa shape index (κ3) is 6.04. The summed E-state index contributed by atoms with van der Waals surface area (Å²) in [5, 5.41) is 12.9. The number of nitrogens with zero attached hydrogens (tertiary/aromatic N) is 2. The molecule has 2 saturated carbocycles. The van der Waals surface area contributed by atoms with Gasteiger partial charge in [-0.2, -0.15) is 0 Å². The fourth-order valence-electron chi connectivity index (χ4n) is 16.6. The van der Waals surface area contributed by atoms with Gasteiger partial charge >= 0.3 is 0 Å². The largest absolute Gasteiger partial charge is 0.334 e. The van der Waals surface area contributed by atoms with Crippen molar-refractivity contribution in [3.8, 4) is 44.5 Å². The lowest BCUT2D eigenvalue weighted by atomic mass is 9.72. The van der Waals surface area contributed by atoms with Crippen LogP contribution in [0.25, 0.3) is 98.4 Å². The van der Waals surface area contributed by atoms with Crippen LogP contribution in [0, 0.1) is 10.8 Å². The Morgan fingerprint density at radius 1 is 0.321 bits per heavy atom. The molecule has 2 aliphatic heterocycles. The Kier molecular flexibility index (Phi) is 9.53. The van der Waals surface area contributed by atoms with Gasteiger partial charge in [0, 0.05) is 34.6 Å². The molecule has 78 heavy (non-hydrogen) atoms. The Balaban J connectivity index is 0.996. The molecule has 2 nitrogen and oxygen atoms in total. The van der Waals surface area contributed by atoms with E-state index in [2.05, 4.69) is 270 Å². The van der Waals surface area contributed by atoms with E-state index in [0.717, 1.165) is 0 Å². The zero-order valence-electron chi connectivity index (χ0n) is 45.7. The number of rotatable bonds is 6. The molecule has 4 unspecified atom stereocenters. The highest BCUT2D eigenvalue weighted by Gasteiger charge is 2.62. The van der Waals surface area contributed by atoms with E-state index in [0.29, 0.717) is 11.8 Å². The van der Waals surface area contributed by atoms with Gasteiger partial charge in [-0.1, -0.05) is 185 Å². The molecule has 12 aromatic carbocycles. The standard InChI is InChI=1S/C76H64N2/c1-73(2)41-39-67-65-43-49(31-37-69(65)77(75(67,73)5)51-23-9-7-10-24-51)61-45-63(55-29-17-21-47-19-13-15-27-53(47)55)59-36-34-58-62(46-64(60-35-33-57(61)71(59)72(58)60)56-30-18-22-48-20-14-16-28-54(48)56)50-32-38-70-66(44-50)68-40-42-74(3,4)76(68,6)78(70)52-25-11-8-12-26-52/h7-38,43-46,67-68H,39-42H2,1-6H3. The summed E-state index contributed by atoms with van der Waals surface area (Å²) in [5.74, 6) is 0.817. The molecule has 0 radical (unpaired) electrons. The van der Waals surface area contributed by atoms with Crippen LogP contribution < -0.4 is 9.80 Å². The van der Waals surface area contributed by atoms with Crippen molar-refractivity contribution in [1.82, 2.24) is 0 Å². The van der Waals surface area contributed by atoms with Gasteiger partial charge in [-0.15, -0.1) is 0 Å². The summed E-state index contributed by atoms with van der Waals surface area (Å²) in [7, 11) is 0. The van der Waals surface area contributed by atoms with Crippen LogP contribution in [0.3, 0.4) is 0 Å². The molecule has 0 amide bonds. The van der Waals surface area contributed by atoms with Gasteiger partial charge in [-0.05, 0) is 221 Å². The first kappa shape index (κ1) is 45.9. The smallest absolute Gasteiger partial charge is 0.0543 e. The Morgan fingerprint density at radius 2 is 0.692 bits per heavy atom. The molecule has 0 N–H and O–H groups in total. The second-order valence-electron chi connectivity index (χ2n) is 25.2. The Labute approximate surface area is 458 Å². The molecule has 0 bridgehead atoms. The van der Waals surface area contributed by atoms with E-state index in [4.69, 9.17) is 0 Å². The van der Waals surface area contributed by atoms with Crippen LogP contribution in [0.1, 0.15) is 90.2 Å². The molecule has 4 aliphatic rings. The van der Waals surface area contributed by atoms with Crippen LogP contribution in [-0.2, 0) is 0 Å². The number of para-hydroxylation sites is 2. The van der Waals surface area contributed by atoms with Gasteiger partial charge in [0.15, 0.2) is 0 Å². The normalized spacial score (nSPS) is 21.8. The molecule has 2 heterocycles. The van der Waals surface area contributed by atoms with E-state index >= 15 is 0 Å². The summed E-state index contributed by atoms with van der Waals surface area (Å²) in [4.78, 5) is 5.41. The predicted molar refractivity (Wildman–Crippen MR) is 332 cm³/mol. The maximum atomic E-state index is 2.71. The van der Waals surface area contributed by atoms with E-state index in [-0.39, 0.29) is 21.9 Å². The van der Waals surface area contributed by atoms with Crippen LogP contribution in [-0.4, -0.2) is 11.1 Å². The highest BCUT2D eigenvalue weighted by molar-refractivity contribution is 6.33. The lowest BCUT2D eigenvalue weighted by Gasteiger charge is -2.47. The van der Waals surface area contributed by atoms with Gasteiger partial charge in [0.2, 0.25) is 0 Å². The minimum absolute atomic E-state index is 0.0650. The number of hydrogen-bond acceptors (Lipinski definition) is 2. The molecule has 4 atom stereocenters. The lowest BCUT2D eigenvalue weighted by molar-refractivity contribution is 0.222. The summed E-state index contributed by atoms with van der Waals surface area (Å²) < 4.78 is 0. The first-order chi connectivity index (χ1) is 37.9. The summed E-state index contributed by atoms with van der Waals surface area (Å²) >= 11 is 0. The van der Waals surface area contributed by atoms with Crippen molar-refractivity contribution < 1.29 is 0 Å². The van der Waals surface area contributed by atoms with Crippen molar-refractivity contribution in [2.24, 2.45) is 10.8 Å². The van der Waals surface area contributed by atoms with Crippen LogP contribution in [0.15, 0.2) is 218 Å². The summed E-state index contributed by atoms with van der Waals surface area (Å²) in [5.41, 5.74) is 18.6. The average molecular weight is 1010 g/mol. The Hall–Kier alpha value is -8.20. The molecule has 0 spiro atoms. The average Bonchev–Trinajstić information content (AvgIpc) is 4.27. The van der Waals surface area contributed by atoms with Gasteiger partial charge in [0.1, 0.15) is 0 Å². The predicted octanol–water partition coefficient (Wildman–Crippen LogP) is 21.2. The maximum Gasteiger partial charge on any atom is 0.0543 e. The second kappa shape index (κ2) is 16.2. The van der Waals surface area contributed by atoms with E-state index in [1.807, 2.05) is 0 Å². The van der Waals surface area contributed by atoms with Crippen LogP contribution in [0.5, 0.6) is 0 Å². The van der Waals surface area contributed by atoms with Crippen molar-refractivity contribution in [3.63, 3.8) is 0 Å². The van der Waals surface area contributed by atoms with E-state index in [9.17, 15) is 0 Å². The molecule has 0 saturated heterocycles. The third-order valence-corrected chi connectivity index (χ3v) is 21.1. The minimum Gasteiger partial charge on any atom is -0.334 e. The zero-order chi connectivity index (χ0) is 52.5. The molecule has 2 fully saturated rings. The molecule has 0 aromatic heterocycles. The van der Waals surface area contributed by atoms with E-state index < -0.39 is 0 Å². The molecular weight excluding hydrogens is 941 g/mol. The zero-order valence-corrected chi connectivity index (χ0v) is 45.7. The third-order valence-electron chi connectivity index (χ3n) is 21.1. The first-order valence-corrected chi connectivity index (χ1v) is 28.7. The highest BCUT2D eigenvalue weighted by Crippen LogP contribution is 2.67. The van der Waals surface area contributed by atoms with Crippen molar-refractivity contribution in [1.29, 1.82) is 0 Å². The monoisotopic (exact) mass is 1000 g/mol. The van der Waals surface area contributed by atoms with Crippen LogP contribution in [0.2, 0.25) is 0 Å². The maximum absolute atomic E-state index is 2.71. The van der Waals surface area contributed by atoms with Crippen molar-refractivity contribution in [2.75, 3.05) is 9.80 Å². The number of hydrogen-bond donors (Lipinski definition) is 0. The highest BCUT2D eigenvalue weighted by atomic mass is 15.3. The second-order valence-corrected chi connectivity index (χ2v) is 25.2. The van der Waals surface area contributed by atoms with Crippen molar-refractivity contribution >= 4 is 76.6 Å². The molecule has 2 aliphatic carbocycles. The van der Waals surface area contributed by atoms with Gasteiger partial charge in [0.25, 0.3) is 0 Å². The Bertz CT molecular complexity index is 4150. The number of benzene rings is 12. The molecular formula is C76H64N2. The minimum atomic E-state index is -0.0650. The van der Waals surface area contributed by atoms with Gasteiger partial charge in [0.05, 0.1) is 11.1 Å². The van der Waals surface area contributed by atoms with Gasteiger partial charge < -0.3 is 9.80 Å². The molecule has 12 aromatic rings. The Morgan fingerprint density at radius 3 is 1.12 bits per heavy atom. The molecule has 378 valence electrons. The van der Waals surface area contributed by atoms with Crippen LogP contribution in [0.4, 0.5) is 22.7 Å². The molecule has 2 heteroatoms. The summed E-state index contributed by atoms with van der Waals surface area (Å²) in [6.07, 6.45) is 4.74. The summed E-state index contributed by atoms with van der Waals surface area (Å²) in [6, 6.07) is 84.1. The topological polar surface area (TPSA) is 6.48 Å². The van der Waals surface area contributed by atoms with E-state index in [1.165, 1.54) is 158 Å². The van der Waals surface area contributed by atoms with Crippen molar-refractivity contribution in [2.45, 2.75) is 90.1 Å². The first-order valence-electron chi connectivity index (χ1n) is 28.7. The summed E-state index contributed by atoms with van der Waals surface area (Å²) in [6.45, 7) is 15.1. The van der Waals surface area contributed by atoms with Gasteiger partial charge in [-0.25, -0.2) is 0 Å². The fourth-order valence-corrected chi connectivity index (χ4v) is 16.6. The lowest BCUT2D eigenvalue weighted by Crippen LogP contribution is -2.50. The quantitative estimate of drug-likeness (QED) is 0.153. The van der Waals surface area contributed by atoms with Crippen molar-refractivity contribution in [3.05, 3.63) is 230 Å². The van der Waals surface area contributed by atoms with E-state index in [1.54, 1.807) is 0 Å².